The molecule has 0 bridgehead atoms. The largest absolute Gasteiger partial charge is 0.353 e. The zero-order chi connectivity index (χ0) is 14.1. The zero-order valence-corrected chi connectivity index (χ0v) is 12.1. The van der Waals surface area contributed by atoms with Gasteiger partial charge >= 0.3 is 0 Å². The van der Waals surface area contributed by atoms with E-state index in [-0.39, 0.29) is 17.9 Å². The summed E-state index contributed by atoms with van der Waals surface area (Å²) in [5.74, 6) is -0.0872. The number of hydrogen-bond acceptors (Lipinski definition) is 3. The third-order valence-corrected chi connectivity index (χ3v) is 4.65. The van der Waals surface area contributed by atoms with E-state index >= 15 is 0 Å². The van der Waals surface area contributed by atoms with Crippen LogP contribution in [0, 0.1) is 0 Å². The van der Waals surface area contributed by atoms with Crippen LogP contribution in [0.2, 0.25) is 0 Å². The first-order chi connectivity index (χ1) is 9.72. The van der Waals surface area contributed by atoms with Crippen molar-refractivity contribution in [2.45, 2.75) is 19.4 Å². The smallest absolute Gasteiger partial charge is 0.256 e. The molecular formula is C15H16N2O2S. The Morgan fingerprint density at radius 1 is 1.45 bits per heavy atom. The van der Waals surface area contributed by atoms with Gasteiger partial charge in [0.05, 0.1) is 5.56 Å². The molecule has 1 unspecified atom stereocenters. The lowest BCUT2D eigenvalue weighted by Crippen LogP contribution is -2.56. The number of hydrogen-bond donors (Lipinski definition) is 1. The van der Waals surface area contributed by atoms with Crippen LogP contribution in [0.25, 0.3) is 10.1 Å². The maximum atomic E-state index is 12.7. The normalized spacial score (nSPS) is 19.1. The number of nitrogens with one attached hydrogen (secondary N) is 1. The van der Waals surface area contributed by atoms with E-state index in [1.54, 1.807) is 16.2 Å². The predicted octanol–water partition coefficient (Wildman–Crippen LogP) is 2.25. The highest BCUT2D eigenvalue weighted by molar-refractivity contribution is 7.17. The Balaban J connectivity index is 1.97. The zero-order valence-electron chi connectivity index (χ0n) is 11.3. The molecule has 1 aromatic heterocycles. The highest BCUT2D eigenvalue weighted by atomic mass is 32.1. The highest BCUT2D eigenvalue weighted by Gasteiger charge is 2.32. The van der Waals surface area contributed by atoms with Crippen LogP contribution in [-0.4, -0.2) is 35.8 Å². The van der Waals surface area contributed by atoms with Gasteiger partial charge in [0.25, 0.3) is 5.91 Å². The molecule has 0 aliphatic carbocycles. The summed E-state index contributed by atoms with van der Waals surface area (Å²) in [5.41, 5.74) is 0.707. The molecule has 0 saturated carbocycles. The van der Waals surface area contributed by atoms with E-state index in [1.165, 1.54) is 0 Å². The van der Waals surface area contributed by atoms with Gasteiger partial charge in [0.2, 0.25) is 5.91 Å². The van der Waals surface area contributed by atoms with Crippen molar-refractivity contribution >= 4 is 33.2 Å². The van der Waals surface area contributed by atoms with Crippen molar-refractivity contribution in [2.24, 2.45) is 0 Å². The molecular weight excluding hydrogens is 272 g/mol. The molecule has 1 saturated heterocycles. The maximum Gasteiger partial charge on any atom is 0.256 e. The van der Waals surface area contributed by atoms with Crippen molar-refractivity contribution in [1.82, 2.24) is 10.2 Å². The lowest BCUT2D eigenvalue weighted by molar-refractivity contribution is -0.127. The van der Waals surface area contributed by atoms with Crippen molar-refractivity contribution in [2.75, 3.05) is 13.1 Å². The summed E-state index contributed by atoms with van der Waals surface area (Å²) in [6.45, 7) is 3.04. The fourth-order valence-corrected chi connectivity index (χ4v) is 3.60. The van der Waals surface area contributed by atoms with E-state index in [2.05, 4.69) is 5.32 Å². The molecule has 1 aliphatic rings. The molecule has 1 aliphatic heterocycles. The summed E-state index contributed by atoms with van der Waals surface area (Å²) in [5, 5.41) is 5.69. The molecule has 5 heteroatoms. The number of nitrogens with zero attached hydrogens (tertiary/aromatic N) is 1. The molecule has 104 valence electrons. The molecule has 2 heterocycles. The molecule has 0 radical (unpaired) electrons. The van der Waals surface area contributed by atoms with E-state index in [9.17, 15) is 9.59 Å². The lowest BCUT2D eigenvalue weighted by Gasteiger charge is -2.34. The fraction of sp³-hybridized carbons (Fsp3) is 0.333. The summed E-state index contributed by atoms with van der Waals surface area (Å²) >= 11 is 1.57. The Morgan fingerprint density at radius 3 is 3.05 bits per heavy atom. The highest BCUT2D eigenvalue weighted by Crippen LogP contribution is 2.27. The number of carbonyl (C=O) groups excluding carboxylic acids is 2. The van der Waals surface area contributed by atoms with Crippen molar-refractivity contribution < 1.29 is 9.59 Å². The number of piperazine rings is 1. The molecule has 20 heavy (non-hydrogen) atoms. The molecule has 2 amide bonds. The van der Waals surface area contributed by atoms with Crippen LogP contribution in [0.15, 0.2) is 29.6 Å². The van der Waals surface area contributed by atoms with Crippen LogP contribution in [0.3, 0.4) is 0 Å². The third-order valence-electron chi connectivity index (χ3n) is 3.69. The van der Waals surface area contributed by atoms with Crippen LogP contribution in [0.4, 0.5) is 0 Å². The van der Waals surface area contributed by atoms with Crippen LogP contribution >= 0.6 is 11.3 Å². The van der Waals surface area contributed by atoms with E-state index < -0.39 is 0 Å². The fourth-order valence-electron chi connectivity index (χ4n) is 2.66. The van der Waals surface area contributed by atoms with E-state index in [0.717, 1.165) is 10.1 Å². The number of amides is 2. The van der Waals surface area contributed by atoms with Crippen LogP contribution in [0.1, 0.15) is 23.7 Å². The van der Waals surface area contributed by atoms with Gasteiger partial charge in [-0.1, -0.05) is 25.1 Å². The van der Waals surface area contributed by atoms with E-state index in [1.807, 2.05) is 36.6 Å². The van der Waals surface area contributed by atoms with Gasteiger partial charge in [-0.3, -0.25) is 9.59 Å². The first-order valence-corrected chi connectivity index (χ1v) is 7.65. The molecule has 1 fully saturated rings. The molecule has 0 spiro atoms. The number of carbonyl (C=O) groups is 2. The van der Waals surface area contributed by atoms with Gasteiger partial charge < -0.3 is 10.2 Å². The second kappa shape index (κ2) is 5.25. The molecule has 3 rings (SSSR count). The second-order valence-electron chi connectivity index (χ2n) is 4.86. The number of rotatable bonds is 2. The Hall–Kier alpha value is -1.88. The molecule has 1 N–H and O–H groups in total. The van der Waals surface area contributed by atoms with Crippen molar-refractivity contribution in [3.63, 3.8) is 0 Å². The van der Waals surface area contributed by atoms with Crippen molar-refractivity contribution in [3.8, 4) is 0 Å². The topological polar surface area (TPSA) is 49.4 Å². The maximum absolute atomic E-state index is 12.7. The van der Waals surface area contributed by atoms with E-state index in [4.69, 9.17) is 0 Å². The van der Waals surface area contributed by atoms with Gasteiger partial charge in [0.15, 0.2) is 0 Å². The minimum absolute atomic E-state index is 0.0378. The first-order valence-electron chi connectivity index (χ1n) is 6.77. The second-order valence-corrected chi connectivity index (χ2v) is 5.77. The molecule has 1 atom stereocenters. The van der Waals surface area contributed by atoms with Crippen LogP contribution in [0.5, 0.6) is 0 Å². The van der Waals surface area contributed by atoms with Gasteiger partial charge in [-0.2, -0.15) is 0 Å². The monoisotopic (exact) mass is 288 g/mol. The average Bonchev–Trinajstić information content (AvgIpc) is 2.90. The minimum Gasteiger partial charge on any atom is -0.353 e. The summed E-state index contributed by atoms with van der Waals surface area (Å²) in [6, 6.07) is 7.53. The first kappa shape index (κ1) is 13.1. The van der Waals surface area contributed by atoms with E-state index in [0.29, 0.717) is 25.1 Å². The quantitative estimate of drug-likeness (QED) is 0.921. The predicted molar refractivity (Wildman–Crippen MR) is 80.0 cm³/mol. The number of fused-ring (bicyclic) bond motifs is 1. The summed E-state index contributed by atoms with van der Waals surface area (Å²) in [6.07, 6.45) is 0.639. The summed E-state index contributed by atoms with van der Waals surface area (Å²) in [7, 11) is 0. The van der Waals surface area contributed by atoms with Gasteiger partial charge in [-0.05, 0) is 12.5 Å². The summed E-state index contributed by atoms with van der Waals surface area (Å²) < 4.78 is 1.10. The Bertz CT molecular complexity index is 665. The minimum atomic E-state index is -0.352. The van der Waals surface area contributed by atoms with Gasteiger partial charge in [0.1, 0.15) is 6.04 Å². The van der Waals surface area contributed by atoms with Gasteiger partial charge in [-0.15, -0.1) is 11.3 Å². The van der Waals surface area contributed by atoms with Crippen LogP contribution < -0.4 is 5.32 Å². The molecule has 4 nitrogen and oxygen atoms in total. The van der Waals surface area contributed by atoms with Gasteiger partial charge in [-0.25, -0.2) is 0 Å². The Kier molecular flexibility index (Phi) is 3.44. The Labute approximate surface area is 121 Å². The van der Waals surface area contributed by atoms with Crippen LogP contribution in [-0.2, 0) is 4.79 Å². The number of benzene rings is 1. The average molecular weight is 288 g/mol. The number of thiophene rings is 1. The SMILES string of the molecule is CCC1C(=O)NCCN1C(=O)c1csc2ccccc12. The molecule has 1 aromatic carbocycles. The van der Waals surface area contributed by atoms with Crippen molar-refractivity contribution in [3.05, 3.63) is 35.2 Å². The summed E-state index contributed by atoms with van der Waals surface area (Å²) in [4.78, 5) is 26.3. The van der Waals surface area contributed by atoms with Gasteiger partial charge in [0, 0.05) is 28.6 Å². The van der Waals surface area contributed by atoms with Crippen molar-refractivity contribution in [1.29, 1.82) is 0 Å². The standard InChI is InChI=1S/C15H16N2O2S/c1-2-12-14(18)16-7-8-17(12)15(19)11-9-20-13-6-4-3-5-10(11)13/h3-6,9,12H,2,7-8H2,1H3,(H,16,18). The third kappa shape index (κ3) is 2.08. The lowest BCUT2D eigenvalue weighted by atomic mass is 10.1. The Morgan fingerprint density at radius 2 is 2.25 bits per heavy atom. The molecule has 2 aromatic rings.